The van der Waals surface area contributed by atoms with Gasteiger partial charge in [-0.25, -0.2) is 5.90 Å². The van der Waals surface area contributed by atoms with E-state index in [4.69, 9.17) is 15.3 Å². The molecule has 0 spiro atoms. The number of hydrogen-bond acceptors (Lipinski definition) is 8. The van der Waals surface area contributed by atoms with E-state index in [1.54, 1.807) is 0 Å². The zero-order valence-electron chi connectivity index (χ0n) is 7.97. The molecule has 0 saturated heterocycles. The van der Waals surface area contributed by atoms with Crippen LogP contribution in [0.25, 0.3) is 0 Å². The molecule has 0 aromatic heterocycles. The Balaban J connectivity index is 4.22. The highest BCUT2D eigenvalue weighted by Gasteiger charge is 2.33. The van der Waals surface area contributed by atoms with Gasteiger partial charge in [-0.15, -0.1) is 0 Å². The molecular formula is C7H17NO7. The monoisotopic (exact) mass is 227 g/mol. The molecule has 0 amide bonds. The van der Waals surface area contributed by atoms with Crippen LogP contribution in [0.2, 0.25) is 0 Å². The topological polar surface area (TPSA) is 157 Å². The molecule has 8 heteroatoms. The summed E-state index contributed by atoms with van der Waals surface area (Å²) < 4.78 is 0. The van der Waals surface area contributed by atoms with Crippen molar-refractivity contribution in [2.24, 2.45) is 5.90 Å². The summed E-state index contributed by atoms with van der Waals surface area (Å²) in [6.07, 6.45) is -8.47. The maximum Gasteiger partial charge on any atom is 0.111 e. The fourth-order valence-corrected chi connectivity index (χ4v) is 0.962. The van der Waals surface area contributed by atoms with Crippen molar-refractivity contribution in [1.29, 1.82) is 0 Å². The Labute approximate surface area is 86.1 Å². The van der Waals surface area contributed by atoms with Crippen molar-refractivity contribution in [1.82, 2.24) is 0 Å². The van der Waals surface area contributed by atoms with Crippen molar-refractivity contribution in [2.75, 3.05) is 13.2 Å². The van der Waals surface area contributed by atoms with Crippen LogP contribution in [0.1, 0.15) is 0 Å². The van der Waals surface area contributed by atoms with Crippen molar-refractivity contribution < 1.29 is 35.5 Å². The van der Waals surface area contributed by atoms with E-state index in [2.05, 4.69) is 10.7 Å². The Bertz CT molecular complexity index is 169. The summed E-state index contributed by atoms with van der Waals surface area (Å²) in [6.45, 7) is -1.23. The maximum absolute atomic E-state index is 9.26. The lowest BCUT2D eigenvalue weighted by molar-refractivity contribution is -0.149. The van der Waals surface area contributed by atoms with Crippen molar-refractivity contribution in [2.45, 2.75) is 30.5 Å². The van der Waals surface area contributed by atoms with Gasteiger partial charge in [0.25, 0.3) is 0 Å². The Morgan fingerprint density at radius 3 is 1.73 bits per heavy atom. The second-order valence-electron chi connectivity index (χ2n) is 3.12. The summed E-state index contributed by atoms with van der Waals surface area (Å²) in [7, 11) is 0. The first kappa shape index (κ1) is 14.7. The molecule has 0 rings (SSSR count). The number of nitrogens with two attached hydrogens (primary N) is 1. The zero-order chi connectivity index (χ0) is 12.0. The minimum Gasteiger partial charge on any atom is -0.394 e. The largest absolute Gasteiger partial charge is 0.394 e. The van der Waals surface area contributed by atoms with Crippen LogP contribution < -0.4 is 5.90 Å². The average molecular weight is 227 g/mol. The van der Waals surface area contributed by atoms with E-state index in [0.29, 0.717) is 0 Å². The highest BCUT2D eigenvalue weighted by atomic mass is 16.6. The van der Waals surface area contributed by atoms with Crippen LogP contribution in [0.15, 0.2) is 0 Å². The van der Waals surface area contributed by atoms with Crippen LogP contribution in [-0.4, -0.2) is 74.4 Å². The molecule has 0 bridgehead atoms. The molecule has 0 aliphatic carbocycles. The van der Waals surface area contributed by atoms with Gasteiger partial charge >= 0.3 is 0 Å². The summed E-state index contributed by atoms with van der Waals surface area (Å²) in [5.41, 5.74) is 0. The van der Waals surface area contributed by atoms with E-state index >= 15 is 0 Å². The molecule has 0 radical (unpaired) electrons. The molecular weight excluding hydrogens is 210 g/mol. The number of hydrogen-bond donors (Lipinski definition) is 7. The SMILES string of the molecule is NOC[C@H](O)[C@H](O)[C@H](O)[C@@H](O)[C@H](O)CO. The van der Waals surface area contributed by atoms with Crippen LogP contribution in [0.5, 0.6) is 0 Å². The molecule has 0 aliphatic heterocycles. The summed E-state index contributed by atoms with van der Waals surface area (Å²) in [6, 6.07) is 0. The van der Waals surface area contributed by atoms with E-state index < -0.39 is 43.7 Å². The average Bonchev–Trinajstić information content (AvgIpc) is 2.25. The standard InChI is InChI=1S/C7H17NO7/c8-15-2-4(11)6(13)7(14)5(12)3(10)1-9/h3-7,9-14H,1-2,8H2/t3-,4+,5+,6+,7-/m1/s1. The highest BCUT2D eigenvalue weighted by molar-refractivity contribution is 4.84. The van der Waals surface area contributed by atoms with Gasteiger partial charge in [0.15, 0.2) is 0 Å². The Morgan fingerprint density at radius 1 is 0.867 bits per heavy atom. The number of rotatable bonds is 7. The van der Waals surface area contributed by atoms with Gasteiger partial charge < -0.3 is 35.5 Å². The molecule has 5 atom stereocenters. The summed E-state index contributed by atoms with van der Waals surface area (Å²) >= 11 is 0. The van der Waals surface area contributed by atoms with Crippen LogP contribution in [0.4, 0.5) is 0 Å². The Kier molecular flexibility index (Phi) is 6.89. The van der Waals surface area contributed by atoms with E-state index in [0.717, 1.165) is 0 Å². The normalized spacial score (nSPS) is 21.8. The molecule has 0 saturated carbocycles. The number of aliphatic hydroxyl groups excluding tert-OH is 6. The summed E-state index contributed by atoms with van der Waals surface area (Å²) in [4.78, 5) is 4.03. The van der Waals surface area contributed by atoms with Crippen LogP contribution in [0.3, 0.4) is 0 Å². The van der Waals surface area contributed by atoms with Crippen LogP contribution in [-0.2, 0) is 4.84 Å². The van der Waals surface area contributed by atoms with Crippen molar-refractivity contribution >= 4 is 0 Å². The summed E-state index contributed by atoms with van der Waals surface area (Å²) in [5, 5.41) is 54.2. The van der Waals surface area contributed by atoms with E-state index in [-0.39, 0.29) is 0 Å². The van der Waals surface area contributed by atoms with Gasteiger partial charge in [0.05, 0.1) is 13.2 Å². The predicted molar refractivity (Wildman–Crippen MR) is 47.3 cm³/mol. The van der Waals surface area contributed by atoms with Gasteiger partial charge in [-0.3, -0.25) is 0 Å². The third kappa shape index (κ3) is 4.36. The van der Waals surface area contributed by atoms with Gasteiger partial charge in [-0.1, -0.05) is 0 Å². The maximum atomic E-state index is 9.26. The molecule has 0 aliphatic rings. The highest BCUT2D eigenvalue weighted by Crippen LogP contribution is 2.08. The molecule has 0 unspecified atom stereocenters. The van der Waals surface area contributed by atoms with Crippen molar-refractivity contribution in [3.05, 3.63) is 0 Å². The first-order valence-electron chi connectivity index (χ1n) is 4.28. The Morgan fingerprint density at radius 2 is 1.33 bits per heavy atom. The first-order chi connectivity index (χ1) is 6.95. The second kappa shape index (κ2) is 7.04. The number of aliphatic hydroxyl groups is 6. The Hall–Kier alpha value is -0.320. The molecule has 0 aromatic rings. The third-order valence-corrected chi connectivity index (χ3v) is 1.94. The van der Waals surface area contributed by atoms with Gasteiger partial charge in [0, 0.05) is 0 Å². The van der Waals surface area contributed by atoms with Crippen molar-refractivity contribution in [3.8, 4) is 0 Å². The van der Waals surface area contributed by atoms with E-state index in [1.807, 2.05) is 0 Å². The fourth-order valence-electron chi connectivity index (χ4n) is 0.962. The molecule has 0 heterocycles. The van der Waals surface area contributed by atoms with Crippen LogP contribution in [0, 0.1) is 0 Å². The van der Waals surface area contributed by atoms with Gasteiger partial charge in [-0.2, -0.15) is 0 Å². The fraction of sp³-hybridized carbons (Fsp3) is 1.00. The molecule has 0 fully saturated rings. The second-order valence-corrected chi connectivity index (χ2v) is 3.12. The minimum atomic E-state index is -1.82. The van der Waals surface area contributed by atoms with Crippen LogP contribution >= 0.6 is 0 Å². The zero-order valence-corrected chi connectivity index (χ0v) is 7.97. The third-order valence-electron chi connectivity index (χ3n) is 1.94. The quantitative estimate of drug-likeness (QED) is 0.215. The lowest BCUT2D eigenvalue weighted by atomic mass is 10.00. The predicted octanol–water partition coefficient (Wildman–Crippen LogP) is -4.33. The lowest BCUT2D eigenvalue weighted by Crippen LogP contribution is -2.51. The molecule has 8 nitrogen and oxygen atoms in total. The molecule has 92 valence electrons. The molecule has 8 N–H and O–H groups in total. The lowest BCUT2D eigenvalue weighted by Gasteiger charge is -2.27. The smallest absolute Gasteiger partial charge is 0.111 e. The molecule has 15 heavy (non-hydrogen) atoms. The van der Waals surface area contributed by atoms with Gasteiger partial charge in [-0.05, 0) is 0 Å². The minimum absolute atomic E-state index is 0.444. The van der Waals surface area contributed by atoms with Gasteiger partial charge in [0.1, 0.15) is 30.5 Å². The molecule has 0 aromatic carbocycles. The van der Waals surface area contributed by atoms with Crippen molar-refractivity contribution in [3.63, 3.8) is 0 Å². The van der Waals surface area contributed by atoms with E-state index in [1.165, 1.54) is 0 Å². The van der Waals surface area contributed by atoms with Gasteiger partial charge in [0.2, 0.25) is 0 Å². The van der Waals surface area contributed by atoms with E-state index in [9.17, 15) is 15.3 Å². The first-order valence-corrected chi connectivity index (χ1v) is 4.28. The summed E-state index contributed by atoms with van der Waals surface area (Å²) in [5.74, 6) is 4.62.